The maximum absolute atomic E-state index is 14.2. The lowest BCUT2D eigenvalue weighted by Gasteiger charge is -2.19. The molecule has 0 aliphatic carbocycles. The molecule has 1 fully saturated rings. The Morgan fingerprint density at radius 2 is 2.03 bits per heavy atom. The van der Waals surface area contributed by atoms with Crippen molar-refractivity contribution in [1.82, 2.24) is 15.0 Å². The number of nitrogens with one attached hydrogen (secondary N) is 1. The number of amides is 1. The number of unbranched alkanes of at least 4 members (excludes halogenated alkanes) is 3. The first-order chi connectivity index (χ1) is 13.7. The van der Waals surface area contributed by atoms with Crippen molar-refractivity contribution < 1.29 is 33.1 Å². The van der Waals surface area contributed by atoms with Crippen LogP contribution in [0.3, 0.4) is 0 Å². The highest BCUT2D eigenvalue weighted by Gasteiger charge is 2.52. The van der Waals surface area contributed by atoms with Crippen molar-refractivity contribution >= 4 is 17.7 Å². The quantitative estimate of drug-likeness (QED) is 0.222. The molecule has 0 aromatic carbocycles. The van der Waals surface area contributed by atoms with E-state index in [1.54, 1.807) is 0 Å². The molecular formula is C17H24F2N4O6. The molecule has 1 aliphatic rings. The molecule has 162 valence electrons. The van der Waals surface area contributed by atoms with E-state index < -0.39 is 42.2 Å². The summed E-state index contributed by atoms with van der Waals surface area (Å²) in [7, 11) is 0. The smallest absolute Gasteiger partial charge is 0.351 e. The van der Waals surface area contributed by atoms with Gasteiger partial charge in [0, 0.05) is 25.5 Å². The van der Waals surface area contributed by atoms with Crippen LogP contribution in [0.5, 0.6) is 0 Å². The molecule has 10 nitrogen and oxygen atoms in total. The highest BCUT2D eigenvalue weighted by atomic mass is 19.3. The van der Waals surface area contributed by atoms with Crippen LogP contribution in [-0.4, -0.2) is 45.3 Å². The van der Waals surface area contributed by atoms with Gasteiger partial charge in [0.15, 0.2) is 0 Å². The normalized spacial score (nSPS) is 20.4. The fourth-order valence-corrected chi connectivity index (χ4v) is 2.93. The molecule has 1 saturated heterocycles. The SMILES string of the molecule is Nc1ccn(C2OC(COC(=O)CCCCCCC(=O)NO)CC2(F)F)c(=O)n1. The predicted molar refractivity (Wildman–Crippen MR) is 95.0 cm³/mol. The van der Waals surface area contributed by atoms with Gasteiger partial charge in [0.1, 0.15) is 18.5 Å². The molecule has 2 unspecified atom stereocenters. The van der Waals surface area contributed by atoms with Crippen LogP contribution in [0.1, 0.15) is 51.2 Å². The van der Waals surface area contributed by atoms with Crippen LogP contribution in [0, 0.1) is 0 Å². The van der Waals surface area contributed by atoms with Gasteiger partial charge in [-0.25, -0.2) is 19.1 Å². The lowest BCUT2D eigenvalue weighted by Crippen LogP contribution is -2.35. The Labute approximate surface area is 164 Å². The summed E-state index contributed by atoms with van der Waals surface area (Å²) >= 11 is 0. The summed E-state index contributed by atoms with van der Waals surface area (Å²) in [6, 6.07) is 1.21. The zero-order valence-electron chi connectivity index (χ0n) is 15.7. The van der Waals surface area contributed by atoms with Gasteiger partial charge in [0.05, 0.1) is 0 Å². The average Bonchev–Trinajstić information content (AvgIpc) is 2.96. The second-order valence-electron chi connectivity index (χ2n) is 6.75. The topological polar surface area (TPSA) is 146 Å². The first-order valence-electron chi connectivity index (χ1n) is 9.19. The van der Waals surface area contributed by atoms with Crippen LogP contribution in [0.4, 0.5) is 14.6 Å². The summed E-state index contributed by atoms with van der Waals surface area (Å²) in [5.74, 6) is -4.43. The molecule has 0 spiro atoms. The van der Waals surface area contributed by atoms with Gasteiger partial charge < -0.3 is 15.2 Å². The maximum Gasteiger partial charge on any atom is 0.351 e. The summed E-state index contributed by atoms with van der Waals surface area (Å²) in [5, 5.41) is 8.35. The van der Waals surface area contributed by atoms with Gasteiger partial charge in [-0.3, -0.25) is 19.4 Å². The zero-order chi connectivity index (χ0) is 21.4. The monoisotopic (exact) mass is 418 g/mol. The summed E-state index contributed by atoms with van der Waals surface area (Å²) in [6.07, 6.45) is 0.275. The zero-order valence-corrected chi connectivity index (χ0v) is 15.7. The van der Waals surface area contributed by atoms with Crippen LogP contribution in [-0.2, 0) is 19.1 Å². The molecule has 1 amide bonds. The number of esters is 1. The Balaban J connectivity index is 1.72. The molecule has 1 aromatic heterocycles. The Kier molecular flexibility index (Phi) is 8.02. The number of hydrogen-bond acceptors (Lipinski definition) is 8. The number of alkyl halides is 2. The summed E-state index contributed by atoms with van der Waals surface area (Å²) in [6.45, 7) is -0.348. The highest BCUT2D eigenvalue weighted by Crippen LogP contribution is 2.41. The second kappa shape index (κ2) is 10.3. The van der Waals surface area contributed by atoms with Gasteiger partial charge in [0.25, 0.3) is 5.92 Å². The molecular weight excluding hydrogens is 394 g/mol. The fourth-order valence-electron chi connectivity index (χ4n) is 2.93. The van der Waals surface area contributed by atoms with Crippen molar-refractivity contribution in [2.24, 2.45) is 0 Å². The number of hydroxylamine groups is 1. The van der Waals surface area contributed by atoms with E-state index >= 15 is 0 Å². The minimum Gasteiger partial charge on any atom is -0.463 e. The molecule has 1 aliphatic heterocycles. The van der Waals surface area contributed by atoms with Crippen molar-refractivity contribution in [1.29, 1.82) is 0 Å². The van der Waals surface area contributed by atoms with E-state index in [1.807, 2.05) is 0 Å². The molecule has 2 atom stereocenters. The van der Waals surface area contributed by atoms with Crippen LogP contribution >= 0.6 is 0 Å². The van der Waals surface area contributed by atoms with Crippen LogP contribution in [0.15, 0.2) is 17.1 Å². The van der Waals surface area contributed by atoms with Gasteiger partial charge in [-0.15, -0.1) is 0 Å². The minimum atomic E-state index is -3.33. The van der Waals surface area contributed by atoms with E-state index in [9.17, 15) is 23.2 Å². The van der Waals surface area contributed by atoms with E-state index in [2.05, 4.69) is 4.98 Å². The maximum atomic E-state index is 14.2. The number of hydrogen-bond donors (Lipinski definition) is 3. The van der Waals surface area contributed by atoms with Crippen molar-refractivity contribution in [2.45, 2.75) is 63.2 Å². The molecule has 1 aromatic rings. The Morgan fingerprint density at radius 1 is 1.34 bits per heavy atom. The lowest BCUT2D eigenvalue weighted by atomic mass is 10.1. The van der Waals surface area contributed by atoms with Gasteiger partial charge in [-0.2, -0.15) is 4.98 Å². The number of carbonyl (C=O) groups is 2. The minimum absolute atomic E-state index is 0.0882. The number of aromatic nitrogens is 2. The third kappa shape index (κ3) is 6.75. The van der Waals surface area contributed by atoms with E-state index in [-0.39, 0.29) is 25.3 Å². The van der Waals surface area contributed by atoms with Gasteiger partial charge >= 0.3 is 11.7 Å². The van der Waals surface area contributed by atoms with Gasteiger partial charge in [-0.05, 0) is 18.9 Å². The van der Waals surface area contributed by atoms with Crippen LogP contribution in [0.25, 0.3) is 0 Å². The van der Waals surface area contributed by atoms with Gasteiger partial charge in [-0.1, -0.05) is 12.8 Å². The van der Waals surface area contributed by atoms with Crippen molar-refractivity contribution in [3.8, 4) is 0 Å². The molecule has 2 rings (SSSR count). The fraction of sp³-hybridized carbons (Fsp3) is 0.647. The van der Waals surface area contributed by atoms with Gasteiger partial charge in [0.2, 0.25) is 12.1 Å². The van der Waals surface area contributed by atoms with Crippen LogP contribution in [0.2, 0.25) is 0 Å². The Bertz CT molecular complexity index is 773. The largest absolute Gasteiger partial charge is 0.463 e. The van der Waals surface area contributed by atoms with E-state index in [0.29, 0.717) is 30.3 Å². The number of rotatable bonds is 10. The predicted octanol–water partition coefficient (Wildman–Crippen LogP) is 1.14. The number of halogens is 2. The standard InChI is InChI=1S/C17H24F2N4O6/c18-17(19)9-11(29-15(17)23-8-7-12(20)21-16(23)26)10-28-14(25)6-4-2-1-3-5-13(24)22-27/h7-8,11,15,27H,1-6,9-10H2,(H,22,24)(H2,20,21,26). The number of carbonyl (C=O) groups excluding carboxylic acids is 2. The first-order valence-corrected chi connectivity index (χ1v) is 9.19. The molecule has 4 N–H and O–H groups in total. The Hall–Kier alpha value is -2.60. The summed E-state index contributed by atoms with van der Waals surface area (Å²) in [5.41, 5.74) is 5.93. The van der Waals surface area contributed by atoms with E-state index in [4.69, 9.17) is 20.4 Å². The third-order valence-corrected chi connectivity index (χ3v) is 4.38. The summed E-state index contributed by atoms with van der Waals surface area (Å²) in [4.78, 5) is 37.8. The average molecular weight is 418 g/mol. The van der Waals surface area contributed by atoms with Crippen LogP contribution < -0.4 is 16.9 Å². The molecule has 29 heavy (non-hydrogen) atoms. The lowest BCUT2D eigenvalue weighted by molar-refractivity contribution is -0.150. The molecule has 0 saturated carbocycles. The summed E-state index contributed by atoms with van der Waals surface area (Å²) < 4.78 is 39.3. The number of nitrogens with two attached hydrogens (primary N) is 1. The molecule has 0 radical (unpaired) electrons. The van der Waals surface area contributed by atoms with Crippen molar-refractivity contribution in [3.63, 3.8) is 0 Å². The molecule has 2 heterocycles. The number of nitrogen functional groups attached to an aromatic ring is 1. The Morgan fingerprint density at radius 3 is 2.69 bits per heavy atom. The third-order valence-electron chi connectivity index (χ3n) is 4.38. The number of nitrogens with zero attached hydrogens (tertiary/aromatic N) is 2. The molecule has 12 heteroatoms. The number of ether oxygens (including phenoxy) is 2. The highest BCUT2D eigenvalue weighted by molar-refractivity contribution is 5.74. The van der Waals surface area contributed by atoms with Crippen molar-refractivity contribution in [3.05, 3.63) is 22.7 Å². The molecule has 0 bridgehead atoms. The van der Waals surface area contributed by atoms with Crippen molar-refractivity contribution in [2.75, 3.05) is 12.3 Å². The first kappa shape index (κ1) is 22.7. The van der Waals surface area contributed by atoms with E-state index in [0.717, 1.165) is 6.20 Å². The van der Waals surface area contributed by atoms with E-state index in [1.165, 1.54) is 11.5 Å². The second-order valence-corrected chi connectivity index (χ2v) is 6.75. The number of anilines is 1.